The normalized spacial score (nSPS) is 14.3. The van der Waals surface area contributed by atoms with E-state index in [2.05, 4.69) is 34.7 Å². The van der Waals surface area contributed by atoms with Crippen LogP contribution < -0.4 is 15.1 Å². The second-order valence-electron chi connectivity index (χ2n) is 8.22. The SMILES string of the molecule is Cc1cc2c(c3c(=O)oc(-c4cc(Cn5ncc(C(F)(F)F)n5)nn4-c4ncccc4Cl)nc13)OC(F)(F)O2. The van der Waals surface area contributed by atoms with Crippen molar-refractivity contribution >= 4 is 22.5 Å². The number of hydrogen-bond donors (Lipinski definition) is 0. The summed E-state index contributed by atoms with van der Waals surface area (Å²) < 4.78 is 81.7. The highest BCUT2D eigenvalue weighted by molar-refractivity contribution is 6.32. The molecule has 5 heterocycles. The minimum Gasteiger partial charge on any atom is -0.401 e. The first-order valence-electron chi connectivity index (χ1n) is 10.8. The zero-order chi connectivity index (χ0) is 27.7. The Morgan fingerprint density at radius 3 is 2.67 bits per heavy atom. The van der Waals surface area contributed by atoms with Gasteiger partial charge in [0, 0.05) is 6.20 Å². The molecule has 0 saturated carbocycles. The van der Waals surface area contributed by atoms with E-state index in [0.717, 1.165) is 4.80 Å². The van der Waals surface area contributed by atoms with Gasteiger partial charge in [-0.05, 0) is 36.8 Å². The fourth-order valence-corrected chi connectivity index (χ4v) is 4.11. The van der Waals surface area contributed by atoms with E-state index in [1.54, 1.807) is 6.07 Å². The minimum atomic E-state index is -4.70. The van der Waals surface area contributed by atoms with E-state index in [1.807, 2.05) is 0 Å². The van der Waals surface area contributed by atoms with Crippen molar-refractivity contribution in [2.24, 2.45) is 0 Å². The lowest BCUT2D eigenvalue weighted by Crippen LogP contribution is -2.26. The Labute approximate surface area is 217 Å². The second kappa shape index (κ2) is 8.45. The van der Waals surface area contributed by atoms with Gasteiger partial charge in [-0.2, -0.15) is 28.2 Å². The van der Waals surface area contributed by atoms with Crippen molar-refractivity contribution in [3.63, 3.8) is 0 Å². The van der Waals surface area contributed by atoms with E-state index >= 15 is 0 Å². The fourth-order valence-electron chi connectivity index (χ4n) is 3.91. The number of pyridine rings is 1. The summed E-state index contributed by atoms with van der Waals surface area (Å²) in [6.45, 7) is 1.20. The van der Waals surface area contributed by atoms with Gasteiger partial charge in [-0.1, -0.05) is 11.6 Å². The van der Waals surface area contributed by atoms with Crippen LogP contribution in [0.5, 0.6) is 11.5 Å². The fraction of sp³-hybridized carbons (Fsp3) is 0.182. The van der Waals surface area contributed by atoms with E-state index in [-0.39, 0.29) is 51.3 Å². The van der Waals surface area contributed by atoms with Gasteiger partial charge in [-0.25, -0.2) is 19.4 Å². The number of ether oxygens (including phenoxy) is 2. The van der Waals surface area contributed by atoms with Gasteiger partial charge in [0.1, 0.15) is 17.6 Å². The molecule has 1 aliphatic heterocycles. The lowest BCUT2D eigenvalue weighted by atomic mass is 10.1. The predicted octanol–water partition coefficient (Wildman–Crippen LogP) is 4.38. The minimum absolute atomic E-state index is 0.0220. The zero-order valence-corrected chi connectivity index (χ0v) is 20.0. The summed E-state index contributed by atoms with van der Waals surface area (Å²) in [5.74, 6) is -1.12. The predicted molar refractivity (Wildman–Crippen MR) is 121 cm³/mol. The van der Waals surface area contributed by atoms with Gasteiger partial charge >= 0.3 is 18.1 Å². The molecule has 11 nitrogen and oxygen atoms in total. The maximum Gasteiger partial charge on any atom is 0.586 e. The molecule has 0 amide bonds. The van der Waals surface area contributed by atoms with Crippen LogP contribution in [0.25, 0.3) is 28.3 Å². The Balaban J connectivity index is 1.51. The molecule has 0 unspecified atom stereocenters. The Morgan fingerprint density at radius 2 is 1.95 bits per heavy atom. The number of aromatic nitrogens is 7. The lowest BCUT2D eigenvalue weighted by Gasteiger charge is -2.09. The van der Waals surface area contributed by atoms with Gasteiger partial charge in [-0.3, -0.25) is 0 Å². The average molecular weight is 568 g/mol. The monoisotopic (exact) mass is 567 g/mol. The van der Waals surface area contributed by atoms with Crippen LogP contribution in [0.3, 0.4) is 0 Å². The van der Waals surface area contributed by atoms with E-state index < -0.39 is 29.5 Å². The van der Waals surface area contributed by atoms with Gasteiger partial charge in [-0.15, -0.1) is 13.9 Å². The van der Waals surface area contributed by atoms with Crippen LogP contribution in [0.15, 0.2) is 45.9 Å². The summed E-state index contributed by atoms with van der Waals surface area (Å²) in [5, 5.41) is 11.1. The highest BCUT2D eigenvalue weighted by atomic mass is 35.5. The van der Waals surface area contributed by atoms with Crippen LogP contribution in [0.1, 0.15) is 17.0 Å². The van der Waals surface area contributed by atoms with Crippen LogP contribution >= 0.6 is 11.6 Å². The highest BCUT2D eigenvalue weighted by Gasteiger charge is 2.45. The van der Waals surface area contributed by atoms with Crippen LogP contribution in [-0.2, 0) is 12.7 Å². The van der Waals surface area contributed by atoms with E-state index in [1.165, 1.54) is 36.0 Å². The summed E-state index contributed by atoms with van der Waals surface area (Å²) in [6.07, 6.45) is -6.71. The number of fused-ring (bicyclic) bond motifs is 3. The molecule has 6 rings (SSSR count). The summed E-state index contributed by atoms with van der Waals surface area (Å²) in [7, 11) is 0. The maximum atomic E-state index is 13.7. The third-order valence-corrected chi connectivity index (χ3v) is 5.81. The van der Waals surface area contributed by atoms with Gasteiger partial charge in [0.25, 0.3) is 0 Å². The number of hydrogen-bond acceptors (Lipinski definition) is 9. The van der Waals surface area contributed by atoms with Crippen molar-refractivity contribution in [2.45, 2.75) is 25.9 Å². The molecule has 0 atom stereocenters. The molecule has 0 aliphatic carbocycles. The molecular weight excluding hydrogens is 557 g/mol. The van der Waals surface area contributed by atoms with Gasteiger partial charge in [0.05, 0.1) is 22.4 Å². The molecule has 0 spiro atoms. The average Bonchev–Trinajstić information content (AvgIpc) is 3.56. The third kappa shape index (κ3) is 4.31. The number of alkyl halides is 5. The lowest BCUT2D eigenvalue weighted by molar-refractivity contribution is -0.286. The molecule has 4 aromatic heterocycles. The van der Waals surface area contributed by atoms with Crippen LogP contribution in [-0.4, -0.2) is 41.0 Å². The van der Waals surface area contributed by atoms with Gasteiger partial charge in [0.15, 0.2) is 23.0 Å². The van der Waals surface area contributed by atoms with Crippen molar-refractivity contribution in [2.75, 3.05) is 0 Å². The molecule has 0 radical (unpaired) electrons. The van der Waals surface area contributed by atoms with Crippen molar-refractivity contribution < 1.29 is 35.8 Å². The molecule has 5 aromatic rings. The van der Waals surface area contributed by atoms with E-state index in [9.17, 15) is 26.7 Å². The first-order chi connectivity index (χ1) is 18.4. The Bertz CT molecular complexity index is 1830. The summed E-state index contributed by atoms with van der Waals surface area (Å²) in [6, 6.07) is 5.65. The Kier molecular flexibility index (Phi) is 5.36. The summed E-state index contributed by atoms with van der Waals surface area (Å²) >= 11 is 6.29. The van der Waals surface area contributed by atoms with Gasteiger partial charge in [0.2, 0.25) is 5.89 Å². The smallest absolute Gasteiger partial charge is 0.401 e. The van der Waals surface area contributed by atoms with Crippen LogP contribution in [0, 0.1) is 6.92 Å². The van der Waals surface area contributed by atoms with Crippen LogP contribution in [0.2, 0.25) is 5.02 Å². The van der Waals surface area contributed by atoms with Crippen molar-refractivity contribution in [1.82, 2.24) is 34.7 Å². The standard InChI is InChI=1S/C22H11ClF5N7O4/c1-9-5-13-17(39-22(27,28)38-13)15-16(9)31-19(37-20(15)36)12-6-10(8-34-30-7-14(33-34)21(24,25)26)32-35(12)18-11(23)3-2-4-29-18/h2-7H,8H2,1H3. The molecule has 0 N–H and O–H groups in total. The maximum absolute atomic E-state index is 13.7. The number of rotatable bonds is 4. The number of aryl methyl sites for hydroxylation is 1. The molecule has 39 heavy (non-hydrogen) atoms. The number of nitrogens with zero attached hydrogens (tertiary/aromatic N) is 7. The molecule has 1 aromatic carbocycles. The summed E-state index contributed by atoms with van der Waals surface area (Å²) in [4.78, 5) is 22.3. The zero-order valence-electron chi connectivity index (χ0n) is 19.2. The molecule has 0 saturated heterocycles. The largest absolute Gasteiger partial charge is 0.586 e. The number of benzene rings is 1. The van der Waals surface area contributed by atoms with Crippen molar-refractivity contribution in [1.29, 1.82) is 0 Å². The number of halogens is 6. The molecular formula is C22H11ClF5N7O4. The van der Waals surface area contributed by atoms with Crippen molar-refractivity contribution in [3.05, 3.63) is 69.1 Å². The molecule has 200 valence electrons. The first-order valence-corrected chi connectivity index (χ1v) is 11.2. The molecule has 0 bridgehead atoms. The summed E-state index contributed by atoms with van der Waals surface area (Å²) in [5.41, 5.74) is -1.84. The highest BCUT2D eigenvalue weighted by Crippen LogP contribution is 2.45. The molecule has 0 fully saturated rings. The first kappa shape index (κ1) is 24.7. The third-order valence-electron chi connectivity index (χ3n) is 5.51. The molecule has 1 aliphatic rings. The Morgan fingerprint density at radius 1 is 1.15 bits per heavy atom. The van der Waals surface area contributed by atoms with Crippen molar-refractivity contribution in [3.8, 4) is 28.9 Å². The van der Waals surface area contributed by atoms with E-state index in [0.29, 0.717) is 11.8 Å². The van der Waals surface area contributed by atoms with Crippen LogP contribution in [0.4, 0.5) is 22.0 Å². The Hall–Kier alpha value is -4.60. The quantitative estimate of drug-likeness (QED) is 0.291. The molecule has 17 heteroatoms. The second-order valence-corrected chi connectivity index (χ2v) is 8.63. The van der Waals surface area contributed by atoms with E-state index in [4.69, 9.17) is 16.0 Å². The van der Waals surface area contributed by atoms with Gasteiger partial charge < -0.3 is 13.9 Å². The topological polar surface area (TPSA) is 123 Å².